The van der Waals surface area contributed by atoms with Gasteiger partial charge >= 0.3 is 6.03 Å². The summed E-state index contributed by atoms with van der Waals surface area (Å²) in [7, 11) is -3.52. The molecule has 0 spiro atoms. The highest BCUT2D eigenvalue weighted by atomic mass is 32.2. The number of primary amides is 1. The number of sulfonamides is 1. The molecule has 5 N–H and O–H groups in total. The zero-order valence-corrected chi connectivity index (χ0v) is 11.5. The first-order chi connectivity index (χ1) is 8.97. The molecular formula is C11H18N4O3S. The molecule has 0 bridgehead atoms. The molecule has 0 aliphatic carbocycles. The van der Waals surface area contributed by atoms with Crippen molar-refractivity contribution in [3.8, 4) is 0 Å². The number of carbonyl (C=O) groups excluding carboxylic acids is 1. The van der Waals surface area contributed by atoms with Crippen LogP contribution in [0.3, 0.4) is 0 Å². The van der Waals surface area contributed by atoms with Gasteiger partial charge in [-0.15, -0.1) is 0 Å². The van der Waals surface area contributed by atoms with E-state index >= 15 is 0 Å². The number of nitrogens with two attached hydrogens (primary N) is 1. The van der Waals surface area contributed by atoms with Crippen LogP contribution in [0.15, 0.2) is 29.2 Å². The van der Waals surface area contributed by atoms with Crippen molar-refractivity contribution < 1.29 is 13.2 Å². The van der Waals surface area contributed by atoms with E-state index in [1.54, 1.807) is 25.1 Å². The smallest absolute Gasteiger partial charge is 0.312 e. The average Bonchev–Trinajstić information content (AvgIpc) is 2.35. The first kappa shape index (κ1) is 15.3. The molecule has 0 atom stereocenters. The molecule has 0 unspecified atom stereocenters. The van der Waals surface area contributed by atoms with Gasteiger partial charge in [0, 0.05) is 19.6 Å². The number of urea groups is 1. The summed E-state index contributed by atoms with van der Waals surface area (Å²) in [5.41, 5.74) is 5.41. The van der Waals surface area contributed by atoms with Crippen LogP contribution in [0.25, 0.3) is 0 Å². The standard InChI is InChI=1S/C11H18N4O3S/c1-2-15-19(17,18)10-6-4-3-5-9(10)13-7-8-14-11(12)16/h3-6,13,15H,2,7-8H2,1H3,(H3,12,14,16). The monoisotopic (exact) mass is 286 g/mol. The SMILES string of the molecule is CCNS(=O)(=O)c1ccccc1NCCNC(N)=O. The fourth-order valence-electron chi connectivity index (χ4n) is 1.50. The molecule has 8 heteroatoms. The first-order valence-electron chi connectivity index (χ1n) is 5.83. The number of nitrogens with one attached hydrogen (secondary N) is 3. The van der Waals surface area contributed by atoms with Crippen molar-refractivity contribution in [2.75, 3.05) is 25.0 Å². The molecule has 1 aromatic carbocycles. The van der Waals surface area contributed by atoms with Crippen LogP contribution < -0.4 is 21.1 Å². The molecule has 0 aliphatic heterocycles. The van der Waals surface area contributed by atoms with Gasteiger partial charge in [-0.3, -0.25) is 0 Å². The van der Waals surface area contributed by atoms with E-state index in [0.29, 0.717) is 25.3 Å². The summed E-state index contributed by atoms with van der Waals surface area (Å²) in [5.74, 6) is 0. The second kappa shape index (κ2) is 6.95. The summed E-state index contributed by atoms with van der Waals surface area (Å²) < 4.78 is 26.3. The van der Waals surface area contributed by atoms with E-state index in [1.165, 1.54) is 6.07 Å². The number of rotatable bonds is 7. The number of hydrogen-bond donors (Lipinski definition) is 4. The molecule has 7 nitrogen and oxygen atoms in total. The molecule has 0 aliphatic rings. The van der Waals surface area contributed by atoms with Crippen LogP contribution in [-0.4, -0.2) is 34.1 Å². The van der Waals surface area contributed by atoms with Crippen molar-refractivity contribution >= 4 is 21.7 Å². The van der Waals surface area contributed by atoms with Gasteiger partial charge in [0.25, 0.3) is 0 Å². The maximum atomic E-state index is 12.0. The number of hydrogen-bond acceptors (Lipinski definition) is 4. The molecule has 1 aromatic rings. The highest BCUT2D eigenvalue weighted by Crippen LogP contribution is 2.19. The molecule has 0 radical (unpaired) electrons. The predicted molar refractivity (Wildman–Crippen MR) is 73.4 cm³/mol. The van der Waals surface area contributed by atoms with Crippen LogP contribution >= 0.6 is 0 Å². The minimum atomic E-state index is -3.52. The number of benzene rings is 1. The fraction of sp³-hybridized carbons (Fsp3) is 0.364. The average molecular weight is 286 g/mol. The predicted octanol–water partition coefficient (Wildman–Crippen LogP) is 0.0650. The van der Waals surface area contributed by atoms with E-state index < -0.39 is 16.1 Å². The van der Waals surface area contributed by atoms with Crippen molar-refractivity contribution in [2.45, 2.75) is 11.8 Å². The lowest BCUT2D eigenvalue weighted by atomic mass is 10.3. The summed E-state index contributed by atoms with van der Waals surface area (Å²) in [4.78, 5) is 10.7. The Balaban J connectivity index is 2.76. The number of carbonyl (C=O) groups is 1. The van der Waals surface area contributed by atoms with Crippen LogP contribution in [0, 0.1) is 0 Å². The molecule has 19 heavy (non-hydrogen) atoms. The van der Waals surface area contributed by atoms with Gasteiger partial charge in [-0.05, 0) is 12.1 Å². The van der Waals surface area contributed by atoms with E-state index in [0.717, 1.165) is 0 Å². The molecular weight excluding hydrogens is 268 g/mol. The highest BCUT2D eigenvalue weighted by Gasteiger charge is 2.16. The highest BCUT2D eigenvalue weighted by molar-refractivity contribution is 7.89. The van der Waals surface area contributed by atoms with Crippen molar-refractivity contribution in [1.82, 2.24) is 10.0 Å². The second-order valence-electron chi connectivity index (χ2n) is 3.72. The molecule has 0 fully saturated rings. The fourth-order valence-corrected chi connectivity index (χ4v) is 2.72. The maximum absolute atomic E-state index is 12.0. The molecule has 1 rings (SSSR count). The Kier molecular flexibility index (Phi) is 5.58. The van der Waals surface area contributed by atoms with Crippen LogP contribution in [0.1, 0.15) is 6.92 Å². The van der Waals surface area contributed by atoms with Gasteiger partial charge in [-0.25, -0.2) is 17.9 Å². The van der Waals surface area contributed by atoms with Crippen LogP contribution in [0.2, 0.25) is 0 Å². The van der Waals surface area contributed by atoms with Crippen molar-refractivity contribution in [3.05, 3.63) is 24.3 Å². The van der Waals surface area contributed by atoms with E-state index in [-0.39, 0.29) is 4.90 Å². The van der Waals surface area contributed by atoms with E-state index in [1.807, 2.05) is 0 Å². The Morgan fingerprint density at radius 2 is 1.95 bits per heavy atom. The van der Waals surface area contributed by atoms with Crippen molar-refractivity contribution in [3.63, 3.8) is 0 Å². The summed E-state index contributed by atoms with van der Waals surface area (Å²) in [6, 6.07) is 5.94. The maximum Gasteiger partial charge on any atom is 0.312 e. The van der Waals surface area contributed by atoms with Gasteiger partial charge in [0.05, 0.1) is 5.69 Å². The molecule has 0 aromatic heterocycles. The molecule has 0 heterocycles. The summed E-state index contributed by atoms with van der Waals surface area (Å²) in [6.07, 6.45) is 0. The first-order valence-corrected chi connectivity index (χ1v) is 7.31. The van der Waals surface area contributed by atoms with Gasteiger partial charge in [0.15, 0.2) is 0 Å². The Labute approximate surface area is 112 Å². The lowest BCUT2D eigenvalue weighted by Gasteiger charge is -2.12. The summed E-state index contributed by atoms with van der Waals surface area (Å²) in [5, 5.41) is 5.35. The minimum Gasteiger partial charge on any atom is -0.382 e. The summed E-state index contributed by atoms with van der Waals surface area (Å²) >= 11 is 0. The minimum absolute atomic E-state index is 0.177. The number of anilines is 1. The van der Waals surface area contributed by atoms with Crippen molar-refractivity contribution in [2.24, 2.45) is 5.73 Å². The van der Waals surface area contributed by atoms with Gasteiger partial charge < -0.3 is 16.4 Å². The van der Waals surface area contributed by atoms with Crippen LogP contribution in [-0.2, 0) is 10.0 Å². The quantitative estimate of drug-likeness (QED) is 0.531. The van der Waals surface area contributed by atoms with E-state index in [9.17, 15) is 13.2 Å². The van der Waals surface area contributed by atoms with E-state index in [4.69, 9.17) is 5.73 Å². The lowest BCUT2D eigenvalue weighted by Crippen LogP contribution is -2.33. The third-order valence-electron chi connectivity index (χ3n) is 2.25. The Bertz CT molecular complexity index is 530. The molecule has 106 valence electrons. The number of amides is 2. The largest absolute Gasteiger partial charge is 0.382 e. The number of para-hydroxylation sites is 1. The zero-order valence-electron chi connectivity index (χ0n) is 10.6. The van der Waals surface area contributed by atoms with Crippen LogP contribution in [0.4, 0.5) is 10.5 Å². The topological polar surface area (TPSA) is 113 Å². The second-order valence-corrected chi connectivity index (χ2v) is 5.45. The Morgan fingerprint density at radius 3 is 2.58 bits per heavy atom. The Morgan fingerprint density at radius 1 is 1.26 bits per heavy atom. The molecule has 2 amide bonds. The summed E-state index contributed by atoms with van der Waals surface area (Å²) in [6.45, 7) is 2.72. The van der Waals surface area contributed by atoms with Gasteiger partial charge in [0.1, 0.15) is 4.90 Å². The lowest BCUT2D eigenvalue weighted by molar-refractivity contribution is 0.249. The van der Waals surface area contributed by atoms with Gasteiger partial charge in [0.2, 0.25) is 10.0 Å². The molecule has 0 saturated heterocycles. The zero-order chi connectivity index (χ0) is 14.3. The van der Waals surface area contributed by atoms with Gasteiger partial charge in [-0.1, -0.05) is 19.1 Å². The normalized spacial score (nSPS) is 11.0. The molecule has 0 saturated carbocycles. The van der Waals surface area contributed by atoms with Crippen LogP contribution in [0.5, 0.6) is 0 Å². The van der Waals surface area contributed by atoms with Crippen molar-refractivity contribution in [1.29, 1.82) is 0 Å². The third kappa shape index (κ3) is 4.76. The van der Waals surface area contributed by atoms with E-state index in [2.05, 4.69) is 15.4 Å². The Hall–Kier alpha value is -1.80. The third-order valence-corrected chi connectivity index (χ3v) is 3.85. The van der Waals surface area contributed by atoms with Gasteiger partial charge in [-0.2, -0.15) is 0 Å².